The van der Waals surface area contributed by atoms with Gasteiger partial charge < -0.3 is 10.2 Å². The van der Waals surface area contributed by atoms with Crippen molar-refractivity contribution in [2.24, 2.45) is 0 Å². The molecule has 0 unspecified atom stereocenters. The van der Waals surface area contributed by atoms with E-state index in [9.17, 15) is 0 Å². The van der Waals surface area contributed by atoms with Gasteiger partial charge in [-0.25, -0.2) is 0 Å². The standard InChI is InChI=1S/C11H12N2O2/c14-8-7-13-6-5-11(12-13)9-1-3-10(15)4-2-9/h1-6,14-15H,7-8H2. The highest BCUT2D eigenvalue weighted by molar-refractivity contribution is 5.59. The average molecular weight is 204 g/mol. The summed E-state index contributed by atoms with van der Waals surface area (Å²) in [4.78, 5) is 0. The molecule has 0 saturated heterocycles. The van der Waals surface area contributed by atoms with Crippen molar-refractivity contribution in [3.8, 4) is 17.0 Å². The van der Waals surface area contributed by atoms with Gasteiger partial charge >= 0.3 is 0 Å². The molecule has 0 fully saturated rings. The van der Waals surface area contributed by atoms with Crippen LogP contribution >= 0.6 is 0 Å². The summed E-state index contributed by atoms with van der Waals surface area (Å²) in [6.45, 7) is 0.578. The third-order valence-electron chi connectivity index (χ3n) is 2.13. The molecule has 0 spiro atoms. The summed E-state index contributed by atoms with van der Waals surface area (Å²) in [5.74, 6) is 0.244. The Kier molecular flexibility index (Phi) is 2.69. The maximum Gasteiger partial charge on any atom is 0.115 e. The quantitative estimate of drug-likeness (QED) is 0.791. The van der Waals surface area contributed by atoms with Crippen LogP contribution in [-0.4, -0.2) is 26.6 Å². The lowest BCUT2D eigenvalue weighted by Crippen LogP contribution is -2.02. The van der Waals surface area contributed by atoms with Crippen molar-refractivity contribution in [1.29, 1.82) is 0 Å². The van der Waals surface area contributed by atoms with Crippen molar-refractivity contribution in [3.05, 3.63) is 36.5 Å². The first-order valence-corrected chi connectivity index (χ1v) is 4.73. The van der Waals surface area contributed by atoms with E-state index in [1.807, 2.05) is 12.3 Å². The molecule has 1 aromatic heterocycles. The molecule has 2 aromatic rings. The van der Waals surface area contributed by atoms with Crippen LogP contribution in [0.2, 0.25) is 0 Å². The second kappa shape index (κ2) is 4.14. The fourth-order valence-corrected chi connectivity index (χ4v) is 1.37. The van der Waals surface area contributed by atoms with Gasteiger partial charge in [0.25, 0.3) is 0 Å². The molecule has 2 rings (SSSR count). The maximum atomic E-state index is 9.13. The number of hydrogen-bond donors (Lipinski definition) is 2. The van der Waals surface area contributed by atoms with Crippen LogP contribution in [0.5, 0.6) is 5.75 Å². The van der Waals surface area contributed by atoms with Gasteiger partial charge in [0.1, 0.15) is 5.75 Å². The first-order chi connectivity index (χ1) is 7.29. The van der Waals surface area contributed by atoms with Crippen molar-refractivity contribution in [1.82, 2.24) is 9.78 Å². The molecule has 0 aliphatic rings. The molecule has 0 atom stereocenters. The van der Waals surface area contributed by atoms with Gasteiger partial charge in [-0.3, -0.25) is 4.68 Å². The van der Waals surface area contributed by atoms with E-state index in [0.29, 0.717) is 6.54 Å². The Bertz CT molecular complexity index is 434. The van der Waals surface area contributed by atoms with Crippen LogP contribution in [0.4, 0.5) is 0 Å². The molecular formula is C11H12N2O2. The van der Waals surface area contributed by atoms with Gasteiger partial charge in [0.2, 0.25) is 0 Å². The molecule has 15 heavy (non-hydrogen) atoms. The first kappa shape index (κ1) is 9.73. The summed E-state index contributed by atoms with van der Waals surface area (Å²) in [5, 5.41) is 22.2. The molecule has 2 N–H and O–H groups in total. The Hall–Kier alpha value is -1.81. The molecule has 0 radical (unpaired) electrons. The Labute approximate surface area is 87.4 Å². The second-order valence-corrected chi connectivity index (χ2v) is 3.23. The number of aromatic nitrogens is 2. The summed E-state index contributed by atoms with van der Waals surface area (Å²) in [6, 6.07) is 8.74. The van der Waals surface area contributed by atoms with Crippen molar-refractivity contribution in [2.45, 2.75) is 6.54 Å². The van der Waals surface area contributed by atoms with Crippen molar-refractivity contribution in [3.63, 3.8) is 0 Å². The highest BCUT2D eigenvalue weighted by atomic mass is 16.3. The van der Waals surface area contributed by atoms with Gasteiger partial charge in [0.15, 0.2) is 0 Å². The second-order valence-electron chi connectivity index (χ2n) is 3.23. The molecule has 78 valence electrons. The predicted octanol–water partition coefficient (Wildman–Crippen LogP) is 1.25. The molecule has 0 saturated carbocycles. The Morgan fingerprint density at radius 2 is 1.87 bits per heavy atom. The topological polar surface area (TPSA) is 58.3 Å². The minimum Gasteiger partial charge on any atom is -0.508 e. The van der Waals surface area contributed by atoms with E-state index < -0.39 is 0 Å². The van der Waals surface area contributed by atoms with E-state index in [-0.39, 0.29) is 12.4 Å². The van der Waals surface area contributed by atoms with E-state index in [1.54, 1.807) is 28.9 Å². The number of phenols is 1. The zero-order valence-corrected chi connectivity index (χ0v) is 8.17. The van der Waals surface area contributed by atoms with Crippen LogP contribution in [0.3, 0.4) is 0 Å². The number of hydrogen-bond acceptors (Lipinski definition) is 3. The summed E-state index contributed by atoms with van der Waals surface area (Å²) in [7, 11) is 0. The number of aromatic hydroxyl groups is 1. The summed E-state index contributed by atoms with van der Waals surface area (Å²) in [5.41, 5.74) is 1.79. The van der Waals surface area contributed by atoms with Crippen molar-refractivity contribution >= 4 is 0 Å². The molecule has 0 bridgehead atoms. The first-order valence-electron chi connectivity index (χ1n) is 4.73. The lowest BCUT2D eigenvalue weighted by molar-refractivity contribution is 0.269. The van der Waals surface area contributed by atoms with Crippen molar-refractivity contribution in [2.75, 3.05) is 6.61 Å². The van der Waals surface area contributed by atoms with E-state index in [4.69, 9.17) is 10.2 Å². The Morgan fingerprint density at radius 1 is 1.13 bits per heavy atom. The van der Waals surface area contributed by atoms with E-state index >= 15 is 0 Å². The van der Waals surface area contributed by atoms with Crippen LogP contribution in [0.25, 0.3) is 11.3 Å². The largest absolute Gasteiger partial charge is 0.508 e. The lowest BCUT2D eigenvalue weighted by Gasteiger charge is -1.98. The molecule has 0 aliphatic carbocycles. The minimum atomic E-state index is 0.0801. The summed E-state index contributed by atoms with van der Waals surface area (Å²) in [6.07, 6.45) is 1.82. The summed E-state index contributed by atoms with van der Waals surface area (Å²) >= 11 is 0. The zero-order chi connectivity index (χ0) is 10.7. The van der Waals surface area contributed by atoms with Gasteiger partial charge in [0, 0.05) is 11.8 Å². The van der Waals surface area contributed by atoms with E-state index in [2.05, 4.69) is 5.10 Å². The number of rotatable bonds is 3. The number of aliphatic hydroxyl groups is 1. The maximum absolute atomic E-state index is 9.13. The predicted molar refractivity (Wildman–Crippen MR) is 56.4 cm³/mol. The number of benzene rings is 1. The number of nitrogens with zero attached hydrogens (tertiary/aromatic N) is 2. The Morgan fingerprint density at radius 3 is 2.53 bits per heavy atom. The highest BCUT2D eigenvalue weighted by Crippen LogP contribution is 2.19. The monoisotopic (exact) mass is 204 g/mol. The third-order valence-corrected chi connectivity index (χ3v) is 2.13. The molecule has 0 amide bonds. The fourth-order valence-electron chi connectivity index (χ4n) is 1.37. The minimum absolute atomic E-state index is 0.0801. The van der Waals surface area contributed by atoms with Gasteiger partial charge in [-0.1, -0.05) is 0 Å². The summed E-state index contributed by atoms with van der Waals surface area (Å²) < 4.78 is 1.68. The highest BCUT2D eigenvalue weighted by Gasteiger charge is 2.01. The van der Waals surface area contributed by atoms with Gasteiger partial charge in [-0.15, -0.1) is 0 Å². The Balaban J connectivity index is 2.25. The average Bonchev–Trinajstić information content (AvgIpc) is 2.68. The molecule has 0 aliphatic heterocycles. The van der Waals surface area contributed by atoms with Crippen LogP contribution in [0.15, 0.2) is 36.5 Å². The number of phenolic OH excluding ortho intramolecular Hbond substituents is 1. The molecule has 4 nitrogen and oxygen atoms in total. The van der Waals surface area contributed by atoms with Crippen LogP contribution in [0, 0.1) is 0 Å². The fraction of sp³-hybridized carbons (Fsp3) is 0.182. The van der Waals surface area contributed by atoms with Crippen LogP contribution in [0.1, 0.15) is 0 Å². The van der Waals surface area contributed by atoms with Crippen LogP contribution < -0.4 is 0 Å². The number of aliphatic hydroxyl groups excluding tert-OH is 1. The lowest BCUT2D eigenvalue weighted by atomic mass is 10.1. The van der Waals surface area contributed by atoms with Gasteiger partial charge in [-0.2, -0.15) is 5.10 Å². The molecular weight excluding hydrogens is 192 g/mol. The third kappa shape index (κ3) is 2.16. The van der Waals surface area contributed by atoms with Crippen LogP contribution in [-0.2, 0) is 6.54 Å². The molecule has 1 heterocycles. The van der Waals surface area contributed by atoms with E-state index in [1.165, 1.54) is 0 Å². The van der Waals surface area contributed by atoms with Gasteiger partial charge in [0.05, 0.1) is 18.8 Å². The molecule has 1 aromatic carbocycles. The van der Waals surface area contributed by atoms with E-state index in [0.717, 1.165) is 11.3 Å². The SMILES string of the molecule is OCCn1ccc(-c2ccc(O)cc2)n1. The van der Waals surface area contributed by atoms with Gasteiger partial charge in [-0.05, 0) is 30.3 Å². The molecule has 4 heteroatoms. The normalized spacial score (nSPS) is 10.5. The smallest absolute Gasteiger partial charge is 0.115 e. The zero-order valence-electron chi connectivity index (χ0n) is 8.17. The van der Waals surface area contributed by atoms with Crippen molar-refractivity contribution < 1.29 is 10.2 Å².